The third-order valence-corrected chi connectivity index (χ3v) is 15.4. The number of rotatable bonds is 18. The fourth-order valence-electron chi connectivity index (χ4n) is 10.0. The molecule has 0 bridgehead atoms. The van der Waals surface area contributed by atoms with Crippen LogP contribution in [0.3, 0.4) is 0 Å². The number of likely N-dealkylation sites (tertiary alicyclic amines) is 1. The first kappa shape index (κ1) is 57.8. The van der Waals surface area contributed by atoms with Crippen molar-refractivity contribution in [1.29, 1.82) is 0 Å². The van der Waals surface area contributed by atoms with Crippen molar-refractivity contribution in [2.45, 2.75) is 161 Å². The van der Waals surface area contributed by atoms with Crippen LogP contribution < -0.4 is 37.2 Å². The van der Waals surface area contributed by atoms with Crippen LogP contribution in [0, 0.1) is 12.3 Å². The number of thiazole rings is 1. The number of halogens is 1. The first-order valence-corrected chi connectivity index (χ1v) is 27.2. The van der Waals surface area contributed by atoms with Gasteiger partial charge in [-0.25, -0.2) is 9.78 Å². The largest absolute Gasteiger partial charge is 0.444 e. The summed E-state index contributed by atoms with van der Waals surface area (Å²) in [4.78, 5) is 117. The molecule has 77 heavy (non-hydrogen) atoms. The number of hydrogen-bond acceptors (Lipinski definition) is 12. The number of nitrogens with one attached hydrogen (secondary N) is 5. The van der Waals surface area contributed by atoms with Gasteiger partial charge in [-0.1, -0.05) is 87.0 Å². The molecule has 4 heterocycles. The number of aliphatic hydroxyl groups is 1. The number of amides is 8. The Kier molecular flexibility index (Phi) is 18.2. The van der Waals surface area contributed by atoms with Gasteiger partial charge in [0, 0.05) is 32.2 Å². The van der Waals surface area contributed by atoms with Crippen LogP contribution in [0.2, 0.25) is 5.02 Å². The second-order valence-corrected chi connectivity index (χ2v) is 23.4. The van der Waals surface area contributed by atoms with E-state index in [-0.39, 0.29) is 68.6 Å². The molecule has 3 aliphatic heterocycles. The van der Waals surface area contributed by atoms with Crippen LogP contribution in [0.4, 0.5) is 16.2 Å². The predicted molar refractivity (Wildman–Crippen MR) is 293 cm³/mol. The molecule has 0 saturated carbocycles. The van der Waals surface area contributed by atoms with Crippen LogP contribution in [-0.4, -0.2) is 111 Å². The normalized spacial score (nSPS) is 19.3. The number of anilines is 2. The molecule has 4 aromatic rings. The summed E-state index contributed by atoms with van der Waals surface area (Å²) in [5.41, 5.74) is 11.5. The molecule has 8 N–H and O–H groups in total. The molecule has 21 heteroatoms. The number of benzene rings is 3. The first-order valence-electron chi connectivity index (χ1n) is 26.0. The molecule has 3 aromatic carbocycles. The number of aromatic nitrogens is 1. The summed E-state index contributed by atoms with van der Waals surface area (Å²) in [6.45, 7) is 14.3. The molecule has 412 valence electrons. The Morgan fingerprint density at radius 2 is 1.60 bits per heavy atom. The van der Waals surface area contributed by atoms with E-state index in [0.29, 0.717) is 17.7 Å². The van der Waals surface area contributed by atoms with Gasteiger partial charge in [-0.3, -0.25) is 38.5 Å². The van der Waals surface area contributed by atoms with Gasteiger partial charge in [0.15, 0.2) is 0 Å². The number of alkyl carbamates (subject to hydrolysis) is 1. The summed E-state index contributed by atoms with van der Waals surface area (Å²) in [5, 5.41) is 25.0. The van der Waals surface area contributed by atoms with Crippen LogP contribution in [0.25, 0.3) is 10.4 Å². The van der Waals surface area contributed by atoms with Gasteiger partial charge >= 0.3 is 6.09 Å². The summed E-state index contributed by atoms with van der Waals surface area (Å²) in [6, 6.07) is 12.5. The van der Waals surface area contributed by atoms with Crippen LogP contribution in [0.5, 0.6) is 0 Å². The molecule has 7 rings (SSSR count). The quantitative estimate of drug-likeness (QED) is 0.0612. The molecule has 3 aliphatic rings. The van der Waals surface area contributed by atoms with Gasteiger partial charge in [0.2, 0.25) is 41.4 Å². The van der Waals surface area contributed by atoms with Crippen molar-refractivity contribution in [1.82, 2.24) is 31.2 Å². The smallest absolute Gasteiger partial charge is 0.408 e. The fourth-order valence-corrected chi connectivity index (χ4v) is 11.1. The maximum Gasteiger partial charge on any atom is 0.408 e. The van der Waals surface area contributed by atoms with Gasteiger partial charge in [0.25, 0.3) is 0 Å². The number of carbonyl (C=O) groups is 8. The monoisotopic (exact) mass is 1100 g/mol. The average Bonchev–Trinajstić information content (AvgIpc) is 4.09. The van der Waals surface area contributed by atoms with Crippen molar-refractivity contribution >= 4 is 81.8 Å². The molecule has 0 spiro atoms. The van der Waals surface area contributed by atoms with Gasteiger partial charge in [0.1, 0.15) is 35.8 Å². The molecule has 0 radical (unpaired) electrons. The molecule has 1 saturated heterocycles. The molecule has 1 aromatic heterocycles. The summed E-state index contributed by atoms with van der Waals surface area (Å²) in [5.74, 6) is -3.90. The number of hydrogen-bond donors (Lipinski definition) is 7. The Labute approximate surface area is 457 Å². The number of aliphatic hydroxyl groups excluding tert-OH is 1. The second-order valence-electron chi connectivity index (χ2n) is 22.2. The molecular weight excluding hydrogens is 1030 g/mol. The number of nitrogens with zero attached hydrogens (tertiary/aromatic N) is 3. The molecule has 1 unspecified atom stereocenters. The Bertz CT molecular complexity index is 2900. The van der Waals surface area contributed by atoms with Crippen LogP contribution in [-0.2, 0) is 57.6 Å². The van der Waals surface area contributed by atoms with E-state index in [1.165, 1.54) is 9.80 Å². The second kappa shape index (κ2) is 24.2. The summed E-state index contributed by atoms with van der Waals surface area (Å²) >= 11 is 8.43. The zero-order valence-corrected chi connectivity index (χ0v) is 46.4. The van der Waals surface area contributed by atoms with Crippen molar-refractivity contribution in [3.8, 4) is 10.4 Å². The van der Waals surface area contributed by atoms with Gasteiger partial charge in [-0.2, -0.15) is 0 Å². The van der Waals surface area contributed by atoms with E-state index < -0.39 is 101 Å². The van der Waals surface area contributed by atoms with Gasteiger partial charge in [-0.15, -0.1) is 11.3 Å². The highest BCUT2D eigenvalue weighted by Gasteiger charge is 2.46. The van der Waals surface area contributed by atoms with E-state index in [2.05, 4.69) is 31.6 Å². The molecule has 8 amide bonds. The highest BCUT2D eigenvalue weighted by Crippen LogP contribution is 2.40. The van der Waals surface area contributed by atoms with Crippen molar-refractivity contribution < 1.29 is 48.2 Å². The SMILES string of the molecule is Cc1ncsc1-c1ccc([C@H](C)NC(=O)[C@@H]2C[C@@H](O)CN2C(=O)[C@@H](NC(=O)CCCc2cccc(NC(=O)C(CCC(N)=O)NC(=O)[C@@H]3Cc4cccc5c4N3C(=O)[C@@H](NC(=O)OC(C)(C)C)CC5)c2Cl)C(C)(C)C)cc1. The molecule has 0 aliphatic carbocycles. The lowest BCUT2D eigenvalue weighted by molar-refractivity contribution is -0.144. The lowest BCUT2D eigenvalue weighted by Gasteiger charge is -2.35. The Morgan fingerprint density at radius 1 is 0.909 bits per heavy atom. The number of primary amides is 1. The predicted octanol–water partition coefficient (Wildman–Crippen LogP) is 5.95. The molecule has 7 atom stereocenters. The van der Waals surface area contributed by atoms with E-state index in [1.54, 1.807) is 55.8 Å². The first-order chi connectivity index (χ1) is 36.3. The highest BCUT2D eigenvalue weighted by molar-refractivity contribution is 7.13. The summed E-state index contributed by atoms with van der Waals surface area (Å²) in [7, 11) is 0. The van der Waals surface area contributed by atoms with Crippen LogP contribution in [0.1, 0.15) is 121 Å². The number of β-amino-alcohol motifs (C(OH)–C–C–N with tert-alkyl or cyclic N) is 1. The van der Waals surface area contributed by atoms with Gasteiger partial charge in [0.05, 0.1) is 44.6 Å². The highest BCUT2D eigenvalue weighted by atomic mass is 35.5. The van der Waals surface area contributed by atoms with Crippen molar-refractivity contribution in [3.63, 3.8) is 0 Å². The van der Waals surface area contributed by atoms with E-state index in [1.807, 2.05) is 77.1 Å². The molecule has 1 fully saturated rings. The minimum atomic E-state index is -1.29. The third kappa shape index (κ3) is 14.2. The van der Waals surface area contributed by atoms with Gasteiger partial charge in [-0.05, 0) is 106 Å². The zero-order chi connectivity index (χ0) is 56.1. The minimum Gasteiger partial charge on any atom is -0.444 e. The Balaban J connectivity index is 0.961. The summed E-state index contributed by atoms with van der Waals surface area (Å²) in [6.07, 6.45) is -0.702. The maximum atomic E-state index is 14.3. The summed E-state index contributed by atoms with van der Waals surface area (Å²) < 4.78 is 5.43. The average molecular weight is 1100 g/mol. The third-order valence-electron chi connectivity index (χ3n) is 14.0. The lowest BCUT2D eigenvalue weighted by atomic mass is 9.85. The maximum absolute atomic E-state index is 14.3. The Hall–Kier alpha value is -6.90. The topological polar surface area (TPSA) is 272 Å². The van der Waals surface area contributed by atoms with Crippen LogP contribution in [0.15, 0.2) is 66.2 Å². The molecule has 19 nitrogen and oxygen atoms in total. The standard InChI is InChI=1S/C56H70ClN9O10S/c1-30(32-18-20-35(21-19-32)47-31(2)59-29-77-47)60-50(71)41-27-37(67)28-65(41)53(74)48(55(3,4)5)64-44(69)17-11-13-33-12-10-16-38(45(33)57)61-49(70)39(24-25-43(58)68)62-51(72)42-26-36-15-9-14-34-22-23-40(52(73)66(42)46(34)36)63-54(75)76-56(6,7)8/h9-10,12,14-16,18-21,29-30,37,39-42,48,67H,11,13,17,22-28H2,1-8H3,(H2,58,68)(H,60,71)(H,61,70)(H,62,72)(H,63,75)(H,64,69)/t30-,37+,39?,40-,41-,42-,48+/m0/s1. The van der Waals surface area contributed by atoms with Crippen molar-refractivity contribution in [2.24, 2.45) is 11.1 Å². The lowest BCUT2D eigenvalue weighted by Crippen LogP contribution is -2.57. The van der Waals surface area contributed by atoms with Crippen molar-refractivity contribution in [2.75, 3.05) is 16.8 Å². The number of para-hydroxylation sites is 1. The number of carbonyl (C=O) groups excluding carboxylic acids is 8. The van der Waals surface area contributed by atoms with Gasteiger partial charge < -0.3 is 47.1 Å². The Morgan fingerprint density at radius 3 is 2.26 bits per heavy atom. The van der Waals surface area contributed by atoms with E-state index in [9.17, 15) is 43.5 Å². The number of ether oxygens (including phenoxy) is 1. The number of aryl methyl sites for hydroxylation is 3. The van der Waals surface area contributed by atoms with E-state index in [4.69, 9.17) is 22.1 Å². The van der Waals surface area contributed by atoms with E-state index in [0.717, 1.165) is 32.8 Å². The van der Waals surface area contributed by atoms with Crippen LogP contribution >= 0.6 is 22.9 Å². The number of nitrogens with two attached hydrogens (primary N) is 1. The molecular formula is C56H70ClN9O10S. The zero-order valence-electron chi connectivity index (χ0n) is 44.8. The van der Waals surface area contributed by atoms with Crippen molar-refractivity contribution in [3.05, 3.63) is 99.1 Å². The van der Waals surface area contributed by atoms with E-state index >= 15 is 0 Å². The minimum absolute atomic E-state index is 0.0106. The fraction of sp³-hybridized carbons (Fsp3) is 0.482.